The number of hydrogen-bond donors (Lipinski definition) is 8. The van der Waals surface area contributed by atoms with Crippen molar-refractivity contribution in [3.63, 3.8) is 0 Å². The fourth-order valence-electron chi connectivity index (χ4n) is 3.19. The van der Waals surface area contributed by atoms with Gasteiger partial charge in [0.1, 0.15) is 18.1 Å². The van der Waals surface area contributed by atoms with E-state index in [1.54, 1.807) is 13.8 Å². The summed E-state index contributed by atoms with van der Waals surface area (Å²) < 4.78 is 0. The smallest absolute Gasteiger partial charge is 0.328 e. The van der Waals surface area contributed by atoms with Crippen molar-refractivity contribution in [2.45, 2.75) is 63.7 Å². The van der Waals surface area contributed by atoms with E-state index >= 15 is 0 Å². The van der Waals surface area contributed by atoms with Gasteiger partial charge in [-0.1, -0.05) is 13.8 Å². The zero-order chi connectivity index (χ0) is 24.3. The summed E-state index contributed by atoms with van der Waals surface area (Å²) in [5.41, 5.74) is 10.6. The molecule has 3 amide bonds. The second kappa shape index (κ2) is 13.5. The number of aliphatic hydroxyl groups is 1. The van der Waals surface area contributed by atoms with E-state index in [2.05, 4.69) is 26.3 Å². The van der Waals surface area contributed by atoms with Crippen molar-refractivity contribution >= 4 is 29.7 Å². The molecule has 0 radical (unpaired) electrons. The van der Waals surface area contributed by atoms with Gasteiger partial charge in [-0.25, -0.2) is 4.79 Å². The zero-order valence-corrected chi connectivity index (χ0v) is 18.5. The first kappa shape index (κ1) is 27.1. The van der Waals surface area contributed by atoms with Crippen LogP contribution in [-0.2, 0) is 19.2 Å². The SMILES string of the molecule is CC(C)C(NC(=O)C1CCCN1)C(=O)NC(CCCN=C(N)N)C(=O)NC(CO)C(=O)O. The summed E-state index contributed by atoms with van der Waals surface area (Å²) in [4.78, 5) is 52.9. The molecule has 1 fully saturated rings. The molecule has 182 valence electrons. The zero-order valence-electron chi connectivity index (χ0n) is 18.5. The first-order valence-corrected chi connectivity index (χ1v) is 10.6. The molecule has 0 aromatic heterocycles. The number of nitrogens with two attached hydrogens (primary N) is 2. The quantitative estimate of drug-likeness (QED) is 0.0799. The Kier molecular flexibility index (Phi) is 11.4. The Morgan fingerprint density at radius 3 is 2.25 bits per heavy atom. The van der Waals surface area contributed by atoms with Gasteiger partial charge in [0.05, 0.1) is 12.6 Å². The number of nitrogens with one attached hydrogen (secondary N) is 4. The Morgan fingerprint density at radius 1 is 1.09 bits per heavy atom. The van der Waals surface area contributed by atoms with Gasteiger partial charge in [0.25, 0.3) is 0 Å². The molecular formula is C19H35N7O6. The van der Waals surface area contributed by atoms with Gasteiger partial charge < -0.3 is 42.9 Å². The highest BCUT2D eigenvalue weighted by Crippen LogP contribution is 2.09. The number of carboxylic acid groups (broad SMARTS) is 1. The lowest BCUT2D eigenvalue weighted by atomic mass is 10.0. The summed E-state index contributed by atoms with van der Waals surface area (Å²) in [6, 6.07) is -3.91. The van der Waals surface area contributed by atoms with Crippen LogP contribution < -0.4 is 32.7 Å². The van der Waals surface area contributed by atoms with Crippen LogP contribution in [0.5, 0.6) is 0 Å². The van der Waals surface area contributed by atoms with Crippen molar-refractivity contribution in [2.75, 3.05) is 19.7 Å². The highest BCUT2D eigenvalue weighted by Gasteiger charge is 2.32. The first-order chi connectivity index (χ1) is 15.1. The summed E-state index contributed by atoms with van der Waals surface area (Å²) in [6.45, 7) is 3.63. The molecule has 32 heavy (non-hydrogen) atoms. The number of rotatable bonds is 13. The van der Waals surface area contributed by atoms with Gasteiger partial charge in [0, 0.05) is 6.54 Å². The van der Waals surface area contributed by atoms with E-state index in [0.717, 1.165) is 13.0 Å². The molecule has 0 bridgehead atoms. The Labute approximate surface area is 186 Å². The largest absolute Gasteiger partial charge is 0.480 e. The molecule has 1 aliphatic rings. The van der Waals surface area contributed by atoms with E-state index < -0.39 is 42.5 Å². The fourth-order valence-corrected chi connectivity index (χ4v) is 3.19. The van der Waals surface area contributed by atoms with Crippen molar-refractivity contribution in [1.82, 2.24) is 21.3 Å². The van der Waals surface area contributed by atoms with Crippen molar-refractivity contribution in [3.05, 3.63) is 0 Å². The van der Waals surface area contributed by atoms with Crippen LogP contribution in [0.15, 0.2) is 4.99 Å². The predicted octanol–water partition coefficient (Wildman–Crippen LogP) is -3.02. The van der Waals surface area contributed by atoms with E-state index in [-0.39, 0.29) is 36.8 Å². The number of amides is 3. The van der Waals surface area contributed by atoms with Crippen LogP contribution in [0.1, 0.15) is 39.5 Å². The molecule has 4 atom stereocenters. The lowest BCUT2D eigenvalue weighted by Gasteiger charge is -2.26. The maximum absolute atomic E-state index is 12.9. The molecule has 1 saturated heterocycles. The Morgan fingerprint density at radius 2 is 1.75 bits per heavy atom. The fraction of sp³-hybridized carbons (Fsp3) is 0.737. The third-order valence-corrected chi connectivity index (χ3v) is 5.00. The Bertz CT molecular complexity index is 690. The maximum atomic E-state index is 12.9. The third kappa shape index (κ3) is 9.06. The Hall–Kier alpha value is -2.93. The monoisotopic (exact) mass is 457 g/mol. The molecule has 0 aliphatic carbocycles. The molecule has 4 unspecified atom stereocenters. The minimum Gasteiger partial charge on any atom is -0.480 e. The van der Waals surface area contributed by atoms with Crippen LogP contribution in [0, 0.1) is 5.92 Å². The van der Waals surface area contributed by atoms with Gasteiger partial charge in [-0.05, 0) is 38.1 Å². The maximum Gasteiger partial charge on any atom is 0.328 e. The van der Waals surface area contributed by atoms with Crippen LogP contribution >= 0.6 is 0 Å². The van der Waals surface area contributed by atoms with Crippen molar-refractivity contribution in [1.29, 1.82) is 0 Å². The average Bonchev–Trinajstić information content (AvgIpc) is 3.26. The van der Waals surface area contributed by atoms with Gasteiger partial charge >= 0.3 is 5.97 Å². The third-order valence-electron chi connectivity index (χ3n) is 5.00. The molecule has 1 aliphatic heterocycles. The lowest BCUT2D eigenvalue weighted by molar-refractivity contribution is -0.143. The second-order valence-corrected chi connectivity index (χ2v) is 7.97. The molecule has 0 spiro atoms. The molecule has 1 heterocycles. The lowest BCUT2D eigenvalue weighted by Crippen LogP contribution is -2.58. The van der Waals surface area contributed by atoms with Gasteiger partial charge in [0.2, 0.25) is 17.7 Å². The van der Waals surface area contributed by atoms with Crippen molar-refractivity contribution in [3.8, 4) is 0 Å². The first-order valence-electron chi connectivity index (χ1n) is 10.6. The number of aliphatic carboxylic acids is 1. The normalized spacial score (nSPS) is 18.3. The van der Waals surface area contributed by atoms with Gasteiger partial charge in [-0.3, -0.25) is 19.4 Å². The number of aliphatic hydroxyl groups excluding tert-OH is 1. The van der Waals surface area contributed by atoms with E-state index in [9.17, 15) is 19.2 Å². The number of carboxylic acids is 1. The van der Waals surface area contributed by atoms with Gasteiger partial charge in [-0.2, -0.15) is 0 Å². The van der Waals surface area contributed by atoms with Crippen LogP contribution in [0.4, 0.5) is 0 Å². The minimum absolute atomic E-state index is 0.106. The molecule has 13 nitrogen and oxygen atoms in total. The minimum atomic E-state index is -1.52. The van der Waals surface area contributed by atoms with Crippen molar-refractivity contribution in [2.24, 2.45) is 22.4 Å². The molecule has 0 aromatic carbocycles. The second-order valence-electron chi connectivity index (χ2n) is 7.97. The van der Waals surface area contributed by atoms with E-state index in [4.69, 9.17) is 21.7 Å². The van der Waals surface area contributed by atoms with Crippen LogP contribution in [0.2, 0.25) is 0 Å². The molecule has 13 heteroatoms. The van der Waals surface area contributed by atoms with E-state index in [1.165, 1.54) is 0 Å². The number of carbonyl (C=O) groups is 4. The van der Waals surface area contributed by atoms with Crippen LogP contribution in [0.3, 0.4) is 0 Å². The summed E-state index contributed by atoms with van der Waals surface area (Å²) in [5.74, 6) is -3.46. The molecule has 10 N–H and O–H groups in total. The number of guanidine groups is 1. The molecule has 0 aromatic rings. The predicted molar refractivity (Wildman–Crippen MR) is 116 cm³/mol. The highest BCUT2D eigenvalue weighted by molar-refractivity contribution is 5.94. The van der Waals surface area contributed by atoms with Gasteiger partial charge in [0.15, 0.2) is 5.96 Å². The summed E-state index contributed by atoms with van der Waals surface area (Å²) in [6.07, 6.45) is 1.96. The van der Waals surface area contributed by atoms with Gasteiger partial charge in [-0.15, -0.1) is 0 Å². The summed E-state index contributed by atoms with van der Waals surface area (Å²) >= 11 is 0. The number of nitrogens with zero attached hydrogens (tertiary/aromatic N) is 1. The van der Waals surface area contributed by atoms with Crippen molar-refractivity contribution < 1.29 is 29.4 Å². The summed E-state index contributed by atoms with van der Waals surface area (Å²) in [5, 5.41) is 28.8. The Balaban J connectivity index is 2.88. The van der Waals surface area contributed by atoms with Crippen LogP contribution in [-0.4, -0.2) is 83.7 Å². The highest BCUT2D eigenvalue weighted by atomic mass is 16.4. The van der Waals surface area contributed by atoms with E-state index in [0.29, 0.717) is 12.8 Å². The number of aliphatic imine (C=N–C) groups is 1. The molecule has 1 rings (SSSR count). The number of carbonyl (C=O) groups excluding carboxylic acids is 3. The average molecular weight is 458 g/mol. The summed E-state index contributed by atoms with van der Waals surface area (Å²) in [7, 11) is 0. The molecular weight excluding hydrogens is 422 g/mol. The topological polar surface area (TPSA) is 221 Å². The van der Waals surface area contributed by atoms with Crippen LogP contribution in [0.25, 0.3) is 0 Å². The molecule has 0 saturated carbocycles. The number of hydrogen-bond acceptors (Lipinski definition) is 7. The standard InChI is InChI=1S/C19H35N7O6/c1-10(2)14(26-15(28)11-5-3-7-22-11)17(30)24-12(6-4-8-23-19(20)21)16(29)25-13(9-27)18(31)32/h10-14,22,27H,3-9H2,1-2H3,(H,24,30)(H,25,29)(H,26,28)(H,31,32)(H4,20,21,23). The van der Waals surface area contributed by atoms with E-state index in [1.807, 2.05) is 0 Å².